The maximum atomic E-state index is 8.54. The van der Waals surface area contributed by atoms with E-state index in [2.05, 4.69) is 6.07 Å². The van der Waals surface area contributed by atoms with Crippen LogP contribution in [0.3, 0.4) is 0 Å². The lowest BCUT2D eigenvalue weighted by Gasteiger charge is -2.01. The molecule has 0 spiro atoms. The molecule has 0 N–H and O–H groups in total. The summed E-state index contributed by atoms with van der Waals surface area (Å²) in [6.45, 7) is 0.602. The summed E-state index contributed by atoms with van der Waals surface area (Å²) in [5, 5.41) is 8.54. The normalized spacial score (nSPS) is 20.9. The van der Waals surface area contributed by atoms with E-state index in [4.69, 9.17) is 9.44 Å². The lowest BCUT2D eigenvalue weighted by Crippen LogP contribution is -2.03. The molecular formula is C6H9NOS. The molecule has 0 aliphatic heterocycles. The van der Waals surface area contributed by atoms with Crippen molar-refractivity contribution in [2.45, 2.75) is 12.8 Å². The zero-order valence-electron chi connectivity index (χ0n) is 5.39. The second-order valence-corrected chi connectivity index (χ2v) is 2.89. The molecule has 0 atom stereocenters. The highest BCUT2D eigenvalue weighted by Gasteiger charge is 2.43. The predicted molar refractivity (Wildman–Crippen MR) is 36.7 cm³/mol. The van der Waals surface area contributed by atoms with Crippen LogP contribution in [-0.4, -0.2) is 12.9 Å². The molecule has 1 rings (SSSR count). The van der Waals surface area contributed by atoms with Crippen LogP contribution in [0.1, 0.15) is 12.8 Å². The first-order chi connectivity index (χ1) is 4.33. The van der Waals surface area contributed by atoms with E-state index in [1.165, 1.54) is 12.0 Å². The molecule has 50 valence electrons. The van der Waals surface area contributed by atoms with E-state index in [1.54, 1.807) is 0 Å². The number of nitrogens with zero attached hydrogens (tertiary/aromatic N) is 1. The van der Waals surface area contributed by atoms with E-state index >= 15 is 0 Å². The molecule has 0 amide bonds. The minimum absolute atomic E-state index is 0.0942. The van der Waals surface area contributed by atoms with Crippen molar-refractivity contribution in [2.75, 3.05) is 12.9 Å². The van der Waals surface area contributed by atoms with Crippen LogP contribution < -0.4 is 0 Å². The molecule has 3 heteroatoms. The molecule has 0 aromatic heterocycles. The molecule has 0 aromatic rings. The van der Waals surface area contributed by atoms with E-state index < -0.39 is 0 Å². The second kappa shape index (κ2) is 2.59. The molecule has 9 heavy (non-hydrogen) atoms. The van der Waals surface area contributed by atoms with Gasteiger partial charge in [-0.25, -0.2) is 0 Å². The summed E-state index contributed by atoms with van der Waals surface area (Å²) < 4.78 is 5.05. The maximum absolute atomic E-state index is 8.54. The molecule has 1 fully saturated rings. The molecule has 1 aliphatic carbocycles. The van der Waals surface area contributed by atoms with Crippen molar-refractivity contribution >= 4 is 12.0 Å². The van der Waals surface area contributed by atoms with Gasteiger partial charge in [0.05, 0.1) is 18.1 Å². The van der Waals surface area contributed by atoms with E-state index in [9.17, 15) is 0 Å². The summed E-state index contributed by atoms with van der Waals surface area (Å²) in [6.07, 6.45) is 3.90. The molecule has 2 nitrogen and oxygen atoms in total. The van der Waals surface area contributed by atoms with Crippen LogP contribution in [-0.2, 0) is 4.18 Å². The second-order valence-electron chi connectivity index (χ2n) is 2.32. The number of hydrogen-bond acceptors (Lipinski definition) is 3. The van der Waals surface area contributed by atoms with Gasteiger partial charge in [0.2, 0.25) is 0 Å². The minimum atomic E-state index is -0.0942. The largest absolute Gasteiger partial charge is 0.314 e. The number of nitriles is 1. The van der Waals surface area contributed by atoms with Crippen LogP contribution in [0.4, 0.5) is 0 Å². The Bertz CT molecular complexity index is 136. The first-order valence-electron chi connectivity index (χ1n) is 2.90. The topological polar surface area (TPSA) is 33.0 Å². The standard InChI is InChI=1S/C6H9NOS/c1-9-8-5-6(4-7)2-3-6/h2-3,5H2,1H3. The van der Waals surface area contributed by atoms with Crippen LogP contribution >= 0.6 is 12.0 Å². The van der Waals surface area contributed by atoms with Crippen LogP contribution in [0, 0.1) is 16.7 Å². The molecule has 1 aliphatic rings. The van der Waals surface area contributed by atoms with Crippen LogP contribution in [0.25, 0.3) is 0 Å². The van der Waals surface area contributed by atoms with Gasteiger partial charge < -0.3 is 4.18 Å². The molecule has 0 radical (unpaired) electrons. The highest BCUT2D eigenvalue weighted by molar-refractivity contribution is 7.93. The zero-order valence-corrected chi connectivity index (χ0v) is 6.20. The van der Waals surface area contributed by atoms with Gasteiger partial charge in [0.15, 0.2) is 0 Å². The molecule has 0 heterocycles. The van der Waals surface area contributed by atoms with Crippen LogP contribution in [0.5, 0.6) is 0 Å². The molecule has 0 bridgehead atoms. The Morgan fingerprint density at radius 1 is 1.78 bits per heavy atom. The Morgan fingerprint density at radius 3 is 2.78 bits per heavy atom. The van der Waals surface area contributed by atoms with Crippen LogP contribution in [0.2, 0.25) is 0 Å². The maximum Gasteiger partial charge on any atom is 0.0820 e. The highest BCUT2D eigenvalue weighted by atomic mass is 32.2. The van der Waals surface area contributed by atoms with Gasteiger partial charge in [0.1, 0.15) is 0 Å². The van der Waals surface area contributed by atoms with Crippen molar-refractivity contribution in [1.29, 1.82) is 5.26 Å². The van der Waals surface area contributed by atoms with Gasteiger partial charge in [-0.15, -0.1) is 0 Å². The van der Waals surface area contributed by atoms with Gasteiger partial charge in [0, 0.05) is 6.26 Å². The third-order valence-electron chi connectivity index (χ3n) is 1.54. The fraction of sp³-hybridized carbons (Fsp3) is 0.833. The van der Waals surface area contributed by atoms with Crippen molar-refractivity contribution in [3.8, 4) is 6.07 Å². The summed E-state index contributed by atoms with van der Waals surface area (Å²) in [7, 11) is 0. The fourth-order valence-electron chi connectivity index (χ4n) is 0.611. The highest BCUT2D eigenvalue weighted by Crippen LogP contribution is 2.45. The molecule has 0 saturated heterocycles. The summed E-state index contributed by atoms with van der Waals surface area (Å²) in [6, 6.07) is 2.25. The monoisotopic (exact) mass is 143 g/mol. The van der Waals surface area contributed by atoms with Gasteiger partial charge in [-0.2, -0.15) is 5.26 Å². The molecule has 1 saturated carbocycles. The Morgan fingerprint density at radius 2 is 2.44 bits per heavy atom. The van der Waals surface area contributed by atoms with Crippen molar-refractivity contribution in [1.82, 2.24) is 0 Å². The summed E-state index contributed by atoms with van der Waals surface area (Å²) >= 11 is 1.33. The van der Waals surface area contributed by atoms with Gasteiger partial charge in [-0.05, 0) is 24.9 Å². The quantitative estimate of drug-likeness (QED) is 0.562. The Kier molecular flexibility index (Phi) is 1.99. The Hall–Kier alpha value is -0.200. The molecule has 0 aromatic carbocycles. The van der Waals surface area contributed by atoms with Crippen molar-refractivity contribution in [3.63, 3.8) is 0 Å². The third-order valence-corrected chi connectivity index (χ3v) is 1.90. The summed E-state index contributed by atoms with van der Waals surface area (Å²) in [5.41, 5.74) is -0.0942. The first kappa shape index (κ1) is 6.91. The average Bonchev–Trinajstić information content (AvgIpc) is 2.65. The summed E-state index contributed by atoms with van der Waals surface area (Å²) in [4.78, 5) is 0. The fourth-order valence-corrected chi connectivity index (χ4v) is 0.954. The van der Waals surface area contributed by atoms with E-state index in [0.717, 1.165) is 12.8 Å². The first-order valence-corrected chi connectivity index (χ1v) is 4.05. The smallest absolute Gasteiger partial charge is 0.0820 e. The third kappa shape index (κ3) is 1.60. The number of rotatable bonds is 3. The summed E-state index contributed by atoms with van der Waals surface area (Å²) in [5.74, 6) is 0. The minimum Gasteiger partial charge on any atom is -0.314 e. The van der Waals surface area contributed by atoms with E-state index in [-0.39, 0.29) is 5.41 Å². The van der Waals surface area contributed by atoms with Gasteiger partial charge >= 0.3 is 0 Å². The van der Waals surface area contributed by atoms with E-state index in [1.807, 2.05) is 6.26 Å². The number of hydrogen-bond donors (Lipinski definition) is 0. The Labute approximate surface area is 59.4 Å². The zero-order chi connectivity index (χ0) is 6.74. The van der Waals surface area contributed by atoms with Crippen LogP contribution in [0.15, 0.2) is 0 Å². The lowest BCUT2D eigenvalue weighted by atomic mass is 10.2. The Balaban J connectivity index is 2.20. The van der Waals surface area contributed by atoms with Gasteiger partial charge in [-0.3, -0.25) is 0 Å². The van der Waals surface area contributed by atoms with Gasteiger partial charge in [-0.1, -0.05) is 0 Å². The lowest BCUT2D eigenvalue weighted by molar-refractivity contribution is 0.315. The van der Waals surface area contributed by atoms with Crippen molar-refractivity contribution in [2.24, 2.45) is 5.41 Å². The molecule has 0 unspecified atom stereocenters. The molecular weight excluding hydrogens is 134 g/mol. The van der Waals surface area contributed by atoms with Gasteiger partial charge in [0.25, 0.3) is 0 Å². The van der Waals surface area contributed by atoms with Crippen molar-refractivity contribution in [3.05, 3.63) is 0 Å². The SMILES string of the molecule is CSOCC1(C#N)CC1. The predicted octanol–water partition coefficient (Wildman–Crippen LogP) is 1.58. The average molecular weight is 143 g/mol. The van der Waals surface area contributed by atoms with E-state index in [0.29, 0.717) is 6.61 Å². The van der Waals surface area contributed by atoms with Crippen molar-refractivity contribution < 1.29 is 4.18 Å².